The van der Waals surface area contributed by atoms with Crippen LogP contribution in [0.15, 0.2) is 60.7 Å². The van der Waals surface area contributed by atoms with Crippen molar-refractivity contribution in [2.75, 3.05) is 19.8 Å². The molecule has 0 saturated carbocycles. The minimum atomic E-state index is -0.116. The predicted octanol–water partition coefficient (Wildman–Crippen LogP) is 3.77. The number of rotatable bonds is 3. The quantitative estimate of drug-likeness (QED) is 0.854. The third-order valence-corrected chi connectivity index (χ3v) is 5.81. The van der Waals surface area contributed by atoms with Gasteiger partial charge in [0, 0.05) is 37.6 Å². The van der Waals surface area contributed by atoms with Crippen LogP contribution in [0.3, 0.4) is 0 Å². The fraction of sp³-hybridized carbons (Fsp3) is 0.409. The number of nitrogens with zero attached hydrogens (tertiary/aromatic N) is 1. The second-order valence-electron chi connectivity index (χ2n) is 7.18. The highest BCUT2D eigenvalue weighted by Gasteiger charge is 2.43. The lowest BCUT2D eigenvalue weighted by atomic mass is 9.68. The molecule has 3 nitrogen and oxygen atoms in total. The Morgan fingerprint density at radius 1 is 0.880 bits per heavy atom. The van der Waals surface area contributed by atoms with Crippen molar-refractivity contribution in [3.05, 3.63) is 71.8 Å². The van der Waals surface area contributed by atoms with Gasteiger partial charge in [0.1, 0.15) is 0 Å². The van der Waals surface area contributed by atoms with Crippen LogP contribution < -0.4 is 0 Å². The summed E-state index contributed by atoms with van der Waals surface area (Å²) >= 11 is 0. The van der Waals surface area contributed by atoms with E-state index in [4.69, 9.17) is 4.74 Å². The van der Waals surface area contributed by atoms with Crippen LogP contribution in [0, 0.1) is 0 Å². The van der Waals surface area contributed by atoms with Gasteiger partial charge in [-0.15, -0.1) is 0 Å². The topological polar surface area (TPSA) is 29.5 Å². The lowest BCUT2D eigenvalue weighted by Gasteiger charge is -2.47. The van der Waals surface area contributed by atoms with Crippen molar-refractivity contribution in [2.24, 2.45) is 0 Å². The van der Waals surface area contributed by atoms with E-state index in [2.05, 4.69) is 65.6 Å². The van der Waals surface area contributed by atoms with Gasteiger partial charge in [0.05, 0.1) is 0 Å². The van der Waals surface area contributed by atoms with Crippen LogP contribution in [0.2, 0.25) is 0 Å². The van der Waals surface area contributed by atoms with Gasteiger partial charge in [-0.25, -0.2) is 0 Å². The molecule has 25 heavy (non-hydrogen) atoms. The highest BCUT2D eigenvalue weighted by Crippen LogP contribution is 2.41. The molecule has 2 aromatic carbocycles. The molecule has 1 amide bonds. The Hall–Kier alpha value is -2.13. The van der Waals surface area contributed by atoms with E-state index >= 15 is 0 Å². The zero-order chi connectivity index (χ0) is 17.1. The molecule has 0 spiro atoms. The Labute approximate surface area is 149 Å². The molecule has 0 aliphatic carbocycles. The Morgan fingerprint density at radius 2 is 1.44 bits per heavy atom. The summed E-state index contributed by atoms with van der Waals surface area (Å²) in [5, 5.41) is 0. The first-order valence-corrected chi connectivity index (χ1v) is 9.28. The molecular formula is C22H25NO2. The summed E-state index contributed by atoms with van der Waals surface area (Å²) in [7, 11) is 0. The average Bonchev–Trinajstić information content (AvgIpc) is 2.71. The van der Waals surface area contributed by atoms with Crippen LogP contribution in [-0.2, 0) is 14.9 Å². The molecule has 2 saturated heterocycles. The molecule has 4 rings (SSSR count). The van der Waals surface area contributed by atoms with Crippen LogP contribution in [0.1, 0.15) is 36.8 Å². The van der Waals surface area contributed by atoms with Crippen LogP contribution in [0.4, 0.5) is 0 Å². The summed E-state index contributed by atoms with van der Waals surface area (Å²) < 4.78 is 5.51. The molecule has 2 fully saturated rings. The molecule has 2 aliphatic rings. The van der Waals surface area contributed by atoms with Gasteiger partial charge >= 0.3 is 0 Å². The van der Waals surface area contributed by atoms with Crippen molar-refractivity contribution in [1.82, 2.24) is 4.90 Å². The summed E-state index contributed by atoms with van der Waals surface area (Å²) in [5.74, 6) is 0.300. The van der Waals surface area contributed by atoms with Crippen molar-refractivity contribution in [3.8, 4) is 0 Å². The third-order valence-electron chi connectivity index (χ3n) is 5.81. The summed E-state index contributed by atoms with van der Waals surface area (Å²) in [6.45, 7) is 2.29. The monoisotopic (exact) mass is 335 g/mol. The number of amides is 1. The number of piperidine rings is 1. The Kier molecular flexibility index (Phi) is 4.58. The van der Waals surface area contributed by atoms with Crippen LogP contribution in [-0.4, -0.2) is 36.6 Å². The van der Waals surface area contributed by atoms with Gasteiger partial charge in [0.2, 0.25) is 5.91 Å². The van der Waals surface area contributed by atoms with Crippen molar-refractivity contribution >= 4 is 5.91 Å². The van der Waals surface area contributed by atoms with Crippen molar-refractivity contribution in [1.29, 1.82) is 0 Å². The van der Waals surface area contributed by atoms with Gasteiger partial charge in [0.25, 0.3) is 0 Å². The van der Waals surface area contributed by atoms with E-state index < -0.39 is 0 Å². The summed E-state index contributed by atoms with van der Waals surface area (Å²) in [6, 6.07) is 21.7. The molecule has 0 atom stereocenters. The fourth-order valence-electron chi connectivity index (χ4n) is 4.40. The van der Waals surface area contributed by atoms with Gasteiger partial charge in [0.15, 0.2) is 0 Å². The maximum absolute atomic E-state index is 12.7. The van der Waals surface area contributed by atoms with Crippen molar-refractivity contribution in [3.63, 3.8) is 0 Å². The maximum atomic E-state index is 12.7. The number of carbonyl (C=O) groups is 1. The fourth-order valence-corrected chi connectivity index (χ4v) is 4.40. The number of hydrogen-bond acceptors (Lipinski definition) is 2. The summed E-state index contributed by atoms with van der Waals surface area (Å²) in [6.07, 6.45) is 3.39. The Morgan fingerprint density at radius 3 is 2.00 bits per heavy atom. The number of hydrogen-bond donors (Lipinski definition) is 0. The molecule has 0 aromatic heterocycles. The molecule has 2 aliphatic heterocycles. The van der Waals surface area contributed by atoms with Gasteiger partial charge in [-0.3, -0.25) is 4.79 Å². The van der Waals surface area contributed by atoms with E-state index in [-0.39, 0.29) is 5.41 Å². The highest BCUT2D eigenvalue weighted by atomic mass is 16.5. The van der Waals surface area contributed by atoms with Crippen LogP contribution in [0.25, 0.3) is 0 Å². The van der Waals surface area contributed by atoms with Crippen molar-refractivity contribution in [2.45, 2.75) is 37.1 Å². The van der Waals surface area contributed by atoms with Crippen molar-refractivity contribution < 1.29 is 9.53 Å². The minimum absolute atomic E-state index is 0.116. The number of benzene rings is 2. The zero-order valence-electron chi connectivity index (χ0n) is 14.6. The van der Waals surface area contributed by atoms with E-state index in [0.29, 0.717) is 18.4 Å². The van der Waals surface area contributed by atoms with Gasteiger partial charge < -0.3 is 9.64 Å². The first-order chi connectivity index (χ1) is 12.3. The summed E-state index contributed by atoms with van der Waals surface area (Å²) in [5.41, 5.74) is 2.51. The highest BCUT2D eigenvalue weighted by molar-refractivity contribution is 5.78. The molecule has 2 heterocycles. The predicted molar refractivity (Wildman–Crippen MR) is 98.5 cm³/mol. The minimum Gasteiger partial charge on any atom is -0.381 e. The number of carbonyl (C=O) groups excluding carboxylic acids is 1. The maximum Gasteiger partial charge on any atom is 0.222 e. The molecular weight excluding hydrogens is 310 g/mol. The Bertz CT molecular complexity index is 668. The van der Waals surface area contributed by atoms with Gasteiger partial charge in [-0.05, 0) is 30.4 Å². The summed E-state index contributed by atoms with van der Waals surface area (Å²) in [4.78, 5) is 14.9. The molecule has 130 valence electrons. The van der Waals surface area contributed by atoms with Crippen LogP contribution >= 0.6 is 0 Å². The largest absolute Gasteiger partial charge is 0.381 e. The first kappa shape index (κ1) is 16.3. The molecule has 0 unspecified atom stereocenters. The lowest BCUT2D eigenvalue weighted by molar-refractivity contribution is -0.139. The SMILES string of the molecule is O=C1CCC(c2ccccc2)(c2ccccc2)CN1C1CCOCC1. The second-order valence-corrected chi connectivity index (χ2v) is 7.18. The zero-order valence-corrected chi connectivity index (χ0v) is 14.6. The van der Waals surface area contributed by atoms with E-state index in [0.717, 1.165) is 39.0 Å². The van der Waals surface area contributed by atoms with E-state index in [9.17, 15) is 4.79 Å². The van der Waals surface area contributed by atoms with Gasteiger partial charge in [-0.2, -0.15) is 0 Å². The number of ether oxygens (including phenoxy) is 1. The molecule has 0 radical (unpaired) electrons. The molecule has 0 N–H and O–H groups in total. The standard InChI is InChI=1S/C22H25NO2/c24-21-11-14-22(18-7-3-1-4-8-18,19-9-5-2-6-10-19)17-23(21)20-12-15-25-16-13-20/h1-10,20H,11-17H2. The average molecular weight is 335 g/mol. The molecule has 3 heteroatoms. The van der Waals surface area contributed by atoms with E-state index in [1.807, 2.05) is 0 Å². The molecule has 0 bridgehead atoms. The first-order valence-electron chi connectivity index (χ1n) is 9.28. The van der Waals surface area contributed by atoms with E-state index in [1.165, 1.54) is 11.1 Å². The third kappa shape index (κ3) is 3.09. The molecule has 2 aromatic rings. The van der Waals surface area contributed by atoms with Crippen LogP contribution in [0.5, 0.6) is 0 Å². The van der Waals surface area contributed by atoms with E-state index in [1.54, 1.807) is 0 Å². The number of likely N-dealkylation sites (tertiary alicyclic amines) is 1. The van der Waals surface area contributed by atoms with Gasteiger partial charge in [-0.1, -0.05) is 60.7 Å². The smallest absolute Gasteiger partial charge is 0.222 e. The lowest BCUT2D eigenvalue weighted by Crippen LogP contribution is -2.54. The normalized spacial score (nSPS) is 21.3. The second kappa shape index (κ2) is 7.01. The Balaban J connectivity index is 1.74.